The highest BCUT2D eigenvalue weighted by Crippen LogP contribution is 2.19. The van der Waals surface area contributed by atoms with Crippen LogP contribution in [0, 0.1) is 10.5 Å². The minimum atomic E-state index is -0.107. The first-order valence-corrected chi connectivity index (χ1v) is 8.48. The summed E-state index contributed by atoms with van der Waals surface area (Å²) in [5.41, 5.74) is 2.52. The fourth-order valence-corrected chi connectivity index (χ4v) is 2.65. The lowest BCUT2D eigenvalue weighted by atomic mass is 10.1. The largest absolute Gasteiger partial charge is 0.494 e. The molecule has 0 saturated carbocycles. The monoisotopic (exact) mass is 409 g/mol. The highest BCUT2D eigenvalue weighted by atomic mass is 127. The van der Waals surface area contributed by atoms with E-state index in [0.717, 1.165) is 33.4 Å². The van der Waals surface area contributed by atoms with E-state index in [9.17, 15) is 4.79 Å². The van der Waals surface area contributed by atoms with Gasteiger partial charge in [-0.3, -0.25) is 4.79 Å². The number of anilines is 1. The van der Waals surface area contributed by atoms with Crippen LogP contribution in [0.2, 0.25) is 0 Å². The average molecular weight is 409 g/mol. The number of nitrogens with one attached hydrogen (secondary N) is 1. The first kappa shape index (κ1) is 16.8. The molecule has 0 aliphatic carbocycles. The van der Waals surface area contributed by atoms with Crippen LogP contribution in [-0.2, 0) is 0 Å². The third-order valence-electron chi connectivity index (χ3n) is 3.32. The number of halogens is 1. The summed E-state index contributed by atoms with van der Waals surface area (Å²) in [5, 5.41) is 2.94. The Hall–Kier alpha value is -1.56. The van der Waals surface area contributed by atoms with Crippen molar-refractivity contribution in [3.8, 4) is 5.75 Å². The van der Waals surface area contributed by atoms with Gasteiger partial charge in [-0.15, -0.1) is 0 Å². The molecular formula is C18H20INO2. The van der Waals surface area contributed by atoms with E-state index in [4.69, 9.17) is 4.74 Å². The van der Waals surface area contributed by atoms with E-state index in [-0.39, 0.29) is 5.91 Å². The Morgan fingerprint density at radius 2 is 1.91 bits per heavy atom. The number of hydrogen-bond acceptors (Lipinski definition) is 2. The predicted octanol–water partition coefficient (Wildman–Crippen LogP) is 5.03. The van der Waals surface area contributed by atoms with E-state index in [1.807, 2.05) is 37.3 Å². The molecule has 22 heavy (non-hydrogen) atoms. The van der Waals surface area contributed by atoms with Crippen LogP contribution >= 0.6 is 22.6 Å². The summed E-state index contributed by atoms with van der Waals surface area (Å²) in [6.07, 6.45) is 2.14. The van der Waals surface area contributed by atoms with Crippen LogP contribution in [0.15, 0.2) is 42.5 Å². The fourth-order valence-electron chi connectivity index (χ4n) is 2.00. The van der Waals surface area contributed by atoms with Crippen LogP contribution in [-0.4, -0.2) is 12.5 Å². The van der Waals surface area contributed by atoms with Gasteiger partial charge in [-0.05, 0) is 84.0 Å². The van der Waals surface area contributed by atoms with E-state index in [2.05, 4.69) is 34.8 Å². The van der Waals surface area contributed by atoms with Gasteiger partial charge in [0.2, 0.25) is 0 Å². The van der Waals surface area contributed by atoms with E-state index >= 15 is 0 Å². The number of rotatable bonds is 6. The maximum atomic E-state index is 12.3. The SMILES string of the molecule is CCCCOc1ccc(C(=O)Nc2ccc(I)cc2C)cc1. The highest BCUT2D eigenvalue weighted by molar-refractivity contribution is 14.1. The lowest BCUT2D eigenvalue weighted by Crippen LogP contribution is -2.12. The van der Waals surface area contributed by atoms with Crippen molar-refractivity contribution in [1.29, 1.82) is 0 Å². The third-order valence-corrected chi connectivity index (χ3v) is 3.99. The summed E-state index contributed by atoms with van der Waals surface area (Å²) in [7, 11) is 0. The summed E-state index contributed by atoms with van der Waals surface area (Å²) in [4.78, 5) is 12.3. The van der Waals surface area contributed by atoms with Gasteiger partial charge in [0.25, 0.3) is 5.91 Å². The van der Waals surface area contributed by atoms with Gasteiger partial charge < -0.3 is 10.1 Å². The van der Waals surface area contributed by atoms with Crippen molar-refractivity contribution in [1.82, 2.24) is 0 Å². The van der Waals surface area contributed by atoms with E-state index < -0.39 is 0 Å². The molecular weight excluding hydrogens is 389 g/mol. The van der Waals surface area contributed by atoms with Crippen molar-refractivity contribution >= 4 is 34.2 Å². The molecule has 0 bridgehead atoms. The van der Waals surface area contributed by atoms with E-state index in [0.29, 0.717) is 12.2 Å². The van der Waals surface area contributed by atoms with Gasteiger partial charge in [0.15, 0.2) is 0 Å². The third kappa shape index (κ3) is 4.73. The summed E-state index contributed by atoms with van der Waals surface area (Å²) < 4.78 is 6.75. The predicted molar refractivity (Wildman–Crippen MR) is 98.7 cm³/mol. The molecule has 116 valence electrons. The molecule has 0 aliphatic heterocycles. The molecule has 1 amide bonds. The van der Waals surface area contributed by atoms with Crippen molar-refractivity contribution in [2.45, 2.75) is 26.7 Å². The van der Waals surface area contributed by atoms with Crippen LogP contribution in [0.1, 0.15) is 35.7 Å². The first-order chi connectivity index (χ1) is 10.6. The second-order valence-corrected chi connectivity index (χ2v) is 6.39. The molecule has 3 nitrogen and oxygen atoms in total. The van der Waals surface area contributed by atoms with Crippen molar-refractivity contribution < 1.29 is 9.53 Å². The standard InChI is InChI=1S/C18H20INO2/c1-3-4-11-22-16-8-5-14(6-9-16)18(21)20-17-10-7-15(19)12-13(17)2/h5-10,12H,3-4,11H2,1-2H3,(H,20,21). The van der Waals surface area contributed by atoms with Crippen LogP contribution in [0.25, 0.3) is 0 Å². The molecule has 2 rings (SSSR count). The summed E-state index contributed by atoms with van der Waals surface area (Å²) in [6.45, 7) is 4.83. The number of ether oxygens (including phenoxy) is 1. The lowest BCUT2D eigenvalue weighted by molar-refractivity contribution is 0.102. The molecule has 0 heterocycles. The van der Waals surface area contributed by atoms with Gasteiger partial charge in [-0.25, -0.2) is 0 Å². The second kappa shape index (κ2) is 8.17. The zero-order valence-electron chi connectivity index (χ0n) is 12.9. The van der Waals surface area contributed by atoms with Gasteiger partial charge in [0.1, 0.15) is 5.75 Å². The molecule has 2 aromatic carbocycles. The Bertz CT molecular complexity index is 638. The molecule has 0 radical (unpaired) electrons. The number of hydrogen-bond donors (Lipinski definition) is 1. The van der Waals surface area contributed by atoms with E-state index in [1.54, 1.807) is 12.1 Å². The highest BCUT2D eigenvalue weighted by Gasteiger charge is 2.08. The van der Waals surface area contributed by atoms with E-state index in [1.165, 1.54) is 0 Å². The topological polar surface area (TPSA) is 38.3 Å². The summed E-state index contributed by atoms with van der Waals surface area (Å²) >= 11 is 2.26. The van der Waals surface area contributed by atoms with Gasteiger partial charge >= 0.3 is 0 Å². The Labute approximate surface area is 145 Å². The minimum Gasteiger partial charge on any atom is -0.494 e. The second-order valence-electron chi connectivity index (χ2n) is 5.14. The van der Waals surface area contributed by atoms with Crippen LogP contribution in [0.4, 0.5) is 5.69 Å². The quantitative estimate of drug-likeness (QED) is 0.537. The molecule has 2 aromatic rings. The maximum Gasteiger partial charge on any atom is 0.255 e. The smallest absolute Gasteiger partial charge is 0.255 e. The first-order valence-electron chi connectivity index (χ1n) is 7.40. The van der Waals surface area contributed by atoms with Gasteiger partial charge in [0, 0.05) is 14.8 Å². The average Bonchev–Trinajstić information content (AvgIpc) is 2.51. The van der Waals surface area contributed by atoms with Crippen LogP contribution < -0.4 is 10.1 Å². The Morgan fingerprint density at radius 3 is 2.55 bits per heavy atom. The molecule has 0 aliphatic rings. The molecule has 0 spiro atoms. The number of carbonyl (C=O) groups excluding carboxylic acids is 1. The molecule has 1 N–H and O–H groups in total. The minimum absolute atomic E-state index is 0.107. The maximum absolute atomic E-state index is 12.3. The van der Waals surface area contributed by atoms with Gasteiger partial charge in [-0.1, -0.05) is 13.3 Å². The Balaban J connectivity index is 2.00. The zero-order valence-corrected chi connectivity index (χ0v) is 15.0. The van der Waals surface area contributed by atoms with Crippen LogP contribution in [0.3, 0.4) is 0 Å². The molecule has 0 fully saturated rings. The molecule has 0 atom stereocenters. The summed E-state index contributed by atoms with van der Waals surface area (Å²) in [5.74, 6) is 0.694. The Kier molecular flexibility index (Phi) is 6.24. The van der Waals surface area contributed by atoms with Crippen molar-refractivity contribution in [3.05, 3.63) is 57.2 Å². The van der Waals surface area contributed by atoms with Crippen LogP contribution in [0.5, 0.6) is 5.75 Å². The van der Waals surface area contributed by atoms with Gasteiger partial charge in [0.05, 0.1) is 6.61 Å². The normalized spacial score (nSPS) is 10.3. The number of carbonyl (C=O) groups is 1. The number of benzene rings is 2. The molecule has 0 aromatic heterocycles. The van der Waals surface area contributed by atoms with Crippen molar-refractivity contribution in [2.24, 2.45) is 0 Å². The van der Waals surface area contributed by atoms with Gasteiger partial charge in [-0.2, -0.15) is 0 Å². The number of unbranched alkanes of at least 4 members (excludes halogenated alkanes) is 1. The van der Waals surface area contributed by atoms with Crippen molar-refractivity contribution in [3.63, 3.8) is 0 Å². The Morgan fingerprint density at radius 1 is 1.18 bits per heavy atom. The summed E-state index contributed by atoms with van der Waals surface area (Å²) in [6, 6.07) is 13.2. The molecule has 0 saturated heterocycles. The van der Waals surface area contributed by atoms with Crippen molar-refractivity contribution in [2.75, 3.05) is 11.9 Å². The fraction of sp³-hybridized carbons (Fsp3) is 0.278. The number of aryl methyl sites for hydroxylation is 1. The lowest BCUT2D eigenvalue weighted by Gasteiger charge is -2.10. The zero-order chi connectivity index (χ0) is 15.9. The number of amides is 1. The molecule has 0 unspecified atom stereocenters. The molecule has 4 heteroatoms.